The van der Waals surface area contributed by atoms with Gasteiger partial charge in [0.2, 0.25) is 5.91 Å². The summed E-state index contributed by atoms with van der Waals surface area (Å²) < 4.78 is 19.3. The topological polar surface area (TPSA) is 64.3 Å². The van der Waals surface area contributed by atoms with Gasteiger partial charge < -0.3 is 15.8 Å². The summed E-state index contributed by atoms with van der Waals surface area (Å²) >= 11 is 0. The fourth-order valence-electron chi connectivity index (χ4n) is 2.45. The monoisotopic (exact) mass is 352 g/mol. The van der Waals surface area contributed by atoms with Crippen molar-refractivity contribution in [3.63, 3.8) is 0 Å². The zero-order valence-electron chi connectivity index (χ0n) is 13.9. The quantitative estimate of drug-likeness (QED) is 0.867. The van der Waals surface area contributed by atoms with Gasteiger partial charge in [0.25, 0.3) is 0 Å². The predicted octanol–water partition coefficient (Wildman–Crippen LogP) is 3.31. The van der Waals surface area contributed by atoms with Gasteiger partial charge in [-0.1, -0.05) is 36.4 Å². The van der Waals surface area contributed by atoms with Crippen molar-refractivity contribution in [2.24, 2.45) is 5.73 Å². The molecule has 2 aromatic rings. The molecule has 0 saturated carbocycles. The first-order valence-electron chi connectivity index (χ1n) is 7.35. The fraction of sp³-hybridized carbons (Fsp3) is 0.278. The highest BCUT2D eigenvalue weighted by atomic mass is 35.5. The van der Waals surface area contributed by atoms with Crippen molar-refractivity contribution in [1.29, 1.82) is 0 Å². The lowest BCUT2D eigenvalue weighted by Crippen LogP contribution is -2.49. The first-order chi connectivity index (χ1) is 10.9. The molecule has 0 aromatic heterocycles. The highest BCUT2D eigenvalue weighted by molar-refractivity contribution is 5.87. The van der Waals surface area contributed by atoms with E-state index in [1.54, 1.807) is 38.1 Å². The third-order valence-corrected chi connectivity index (χ3v) is 3.86. The van der Waals surface area contributed by atoms with Gasteiger partial charge >= 0.3 is 0 Å². The molecule has 1 amide bonds. The van der Waals surface area contributed by atoms with Gasteiger partial charge in [0.1, 0.15) is 17.1 Å². The molecule has 0 heterocycles. The summed E-state index contributed by atoms with van der Waals surface area (Å²) in [5.41, 5.74) is 5.95. The molecule has 24 heavy (non-hydrogen) atoms. The molecule has 2 unspecified atom stereocenters. The van der Waals surface area contributed by atoms with E-state index in [1.807, 2.05) is 18.2 Å². The molecule has 0 fully saturated rings. The van der Waals surface area contributed by atoms with Crippen LogP contribution in [0.1, 0.15) is 31.0 Å². The summed E-state index contributed by atoms with van der Waals surface area (Å²) in [7, 11) is 1.46. The van der Waals surface area contributed by atoms with Crippen LogP contribution in [0.3, 0.4) is 0 Å². The van der Waals surface area contributed by atoms with Gasteiger partial charge in [-0.2, -0.15) is 0 Å². The van der Waals surface area contributed by atoms with E-state index < -0.39 is 17.4 Å². The van der Waals surface area contributed by atoms with E-state index >= 15 is 0 Å². The van der Waals surface area contributed by atoms with Crippen LogP contribution in [0.15, 0.2) is 48.5 Å². The zero-order chi connectivity index (χ0) is 17.0. The van der Waals surface area contributed by atoms with E-state index in [-0.39, 0.29) is 18.3 Å². The number of benzene rings is 2. The maximum absolute atomic E-state index is 14.1. The Morgan fingerprint density at radius 1 is 1.21 bits per heavy atom. The summed E-state index contributed by atoms with van der Waals surface area (Å²) in [5, 5.41) is 2.77. The molecule has 0 saturated heterocycles. The van der Waals surface area contributed by atoms with Crippen LogP contribution in [0, 0.1) is 5.82 Å². The molecular formula is C18H22ClFN2O2. The van der Waals surface area contributed by atoms with Crippen LogP contribution in [0.25, 0.3) is 0 Å². The van der Waals surface area contributed by atoms with Crippen molar-refractivity contribution in [2.45, 2.75) is 25.4 Å². The normalized spacial score (nSPS) is 14.0. The molecule has 2 atom stereocenters. The van der Waals surface area contributed by atoms with Gasteiger partial charge in [-0.3, -0.25) is 4.79 Å². The Morgan fingerprint density at radius 2 is 1.83 bits per heavy atom. The molecular weight excluding hydrogens is 331 g/mol. The third kappa shape index (κ3) is 4.04. The number of rotatable bonds is 5. The highest BCUT2D eigenvalue weighted by Crippen LogP contribution is 2.28. The second-order valence-corrected chi connectivity index (χ2v) is 5.62. The van der Waals surface area contributed by atoms with Crippen molar-refractivity contribution in [3.8, 4) is 5.75 Å². The van der Waals surface area contributed by atoms with Crippen LogP contribution in [-0.2, 0) is 10.3 Å². The Morgan fingerprint density at radius 3 is 2.42 bits per heavy atom. The molecule has 0 bridgehead atoms. The lowest BCUT2D eigenvalue weighted by molar-refractivity contribution is -0.126. The average molecular weight is 353 g/mol. The number of halogens is 2. The maximum atomic E-state index is 14.1. The van der Waals surface area contributed by atoms with Crippen LogP contribution in [-0.4, -0.2) is 13.0 Å². The van der Waals surface area contributed by atoms with Gasteiger partial charge in [-0.05, 0) is 31.5 Å². The molecule has 4 nitrogen and oxygen atoms in total. The summed E-state index contributed by atoms with van der Waals surface area (Å²) in [4.78, 5) is 12.6. The Labute approximate surface area is 147 Å². The van der Waals surface area contributed by atoms with Gasteiger partial charge in [0, 0.05) is 0 Å². The number of hydrogen-bond acceptors (Lipinski definition) is 3. The number of amides is 1. The zero-order valence-corrected chi connectivity index (χ0v) is 14.7. The average Bonchev–Trinajstić information content (AvgIpc) is 2.55. The highest BCUT2D eigenvalue weighted by Gasteiger charge is 2.32. The van der Waals surface area contributed by atoms with Crippen LogP contribution in [0.5, 0.6) is 5.75 Å². The molecule has 0 spiro atoms. The minimum absolute atomic E-state index is 0. The van der Waals surface area contributed by atoms with Crippen molar-refractivity contribution in [2.75, 3.05) is 7.11 Å². The number of carbonyl (C=O) groups is 1. The van der Waals surface area contributed by atoms with E-state index in [4.69, 9.17) is 10.5 Å². The minimum Gasteiger partial charge on any atom is -0.496 e. The van der Waals surface area contributed by atoms with Crippen LogP contribution in [0.2, 0.25) is 0 Å². The number of hydrogen-bond donors (Lipinski definition) is 2. The molecule has 0 aliphatic rings. The van der Waals surface area contributed by atoms with Gasteiger partial charge in [-0.15, -0.1) is 12.4 Å². The SMILES string of the molecule is COc1cccc(F)c1C(C)NC(=O)C(C)(N)c1ccccc1.Cl. The first kappa shape index (κ1) is 19.9. The number of nitrogens with one attached hydrogen (secondary N) is 1. The van der Waals surface area contributed by atoms with Crippen molar-refractivity contribution in [3.05, 3.63) is 65.5 Å². The summed E-state index contributed by atoms with van der Waals surface area (Å²) in [6.45, 7) is 3.32. The Bertz CT molecular complexity index is 693. The van der Waals surface area contributed by atoms with Crippen LogP contribution >= 0.6 is 12.4 Å². The van der Waals surface area contributed by atoms with Crippen molar-refractivity contribution >= 4 is 18.3 Å². The van der Waals surface area contributed by atoms with E-state index in [0.717, 1.165) is 0 Å². The minimum atomic E-state index is -1.21. The first-order valence-corrected chi connectivity index (χ1v) is 7.35. The second kappa shape index (κ2) is 8.13. The van der Waals surface area contributed by atoms with E-state index in [9.17, 15) is 9.18 Å². The lowest BCUT2D eigenvalue weighted by Gasteiger charge is -2.27. The number of ether oxygens (including phenoxy) is 1. The van der Waals surface area contributed by atoms with Gasteiger partial charge in [0.05, 0.1) is 18.7 Å². The van der Waals surface area contributed by atoms with Crippen LogP contribution < -0.4 is 15.8 Å². The summed E-state index contributed by atoms with van der Waals surface area (Å²) in [6.07, 6.45) is 0. The Balaban J connectivity index is 0.00000288. The fourth-order valence-corrected chi connectivity index (χ4v) is 2.45. The maximum Gasteiger partial charge on any atom is 0.244 e. The largest absolute Gasteiger partial charge is 0.496 e. The van der Waals surface area contributed by atoms with Gasteiger partial charge in [-0.25, -0.2) is 4.39 Å². The van der Waals surface area contributed by atoms with Gasteiger partial charge in [0.15, 0.2) is 0 Å². The molecule has 130 valence electrons. The van der Waals surface area contributed by atoms with Crippen LogP contribution in [0.4, 0.5) is 4.39 Å². The second-order valence-electron chi connectivity index (χ2n) is 5.62. The van der Waals surface area contributed by atoms with Crippen molar-refractivity contribution in [1.82, 2.24) is 5.32 Å². The summed E-state index contributed by atoms with van der Waals surface area (Å²) in [6, 6.07) is 13.0. The standard InChI is InChI=1S/C18H21FN2O2.ClH/c1-12(16-14(19)10-7-11-15(16)23-3)21-17(22)18(2,20)13-8-5-4-6-9-13;/h4-12H,20H2,1-3H3,(H,21,22);1H. The van der Waals surface area contributed by atoms with E-state index in [0.29, 0.717) is 16.9 Å². The lowest BCUT2D eigenvalue weighted by atomic mass is 9.91. The Kier molecular flexibility index (Phi) is 6.75. The molecule has 0 aliphatic heterocycles. The molecule has 0 radical (unpaired) electrons. The molecule has 2 aromatic carbocycles. The molecule has 2 rings (SSSR count). The summed E-state index contributed by atoms with van der Waals surface area (Å²) in [5.74, 6) is -0.437. The molecule has 0 aliphatic carbocycles. The smallest absolute Gasteiger partial charge is 0.244 e. The number of methoxy groups -OCH3 is 1. The van der Waals surface area contributed by atoms with Crippen molar-refractivity contribution < 1.29 is 13.9 Å². The van der Waals surface area contributed by atoms with E-state index in [1.165, 1.54) is 13.2 Å². The molecule has 3 N–H and O–H groups in total. The third-order valence-electron chi connectivity index (χ3n) is 3.86. The molecule has 6 heteroatoms. The number of nitrogens with two attached hydrogens (primary N) is 1. The van der Waals surface area contributed by atoms with E-state index in [2.05, 4.69) is 5.32 Å². The Hall–Kier alpha value is -2.11. The number of carbonyl (C=O) groups excluding carboxylic acids is 1. The predicted molar refractivity (Wildman–Crippen MR) is 94.7 cm³/mol.